The zero-order valence-electron chi connectivity index (χ0n) is 13.8. The molecule has 1 amide bonds. The average molecular weight is 362 g/mol. The molecule has 7 nitrogen and oxygen atoms in total. The molecule has 132 valence electrons. The highest BCUT2D eigenvalue weighted by atomic mass is 32.2. The van der Waals surface area contributed by atoms with Gasteiger partial charge < -0.3 is 14.8 Å². The van der Waals surface area contributed by atoms with Gasteiger partial charge in [0, 0.05) is 23.9 Å². The second-order valence-corrected chi connectivity index (χ2v) is 7.15. The molecule has 3 rings (SSSR count). The molecule has 0 saturated carbocycles. The number of carbonyl (C=O) groups is 1. The van der Waals surface area contributed by atoms with E-state index < -0.39 is 10.0 Å². The van der Waals surface area contributed by atoms with Crippen LogP contribution in [0.4, 0.5) is 5.69 Å². The number of hydrogen-bond donors (Lipinski definition) is 2. The Morgan fingerprint density at radius 2 is 1.88 bits per heavy atom. The molecular weight excluding hydrogens is 344 g/mol. The molecule has 2 aromatic carbocycles. The van der Waals surface area contributed by atoms with Crippen LogP contribution in [0.25, 0.3) is 0 Å². The molecule has 0 radical (unpaired) electrons. The molecule has 1 heterocycles. The van der Waals surface area contributed by atoms with Crippen LogP contribution in [0.2, 0.25) is 0 Å². The number of methoxy groups -OCH3 is 2. The Morgan fingerprint density at radius 1 is 1.08 bits per heavy atom. The second-order valence-electron chi connectivity index (χ2n) is 5.50. The summed E-state index contributed by atoms with van der Waals surface area (Å²) in [5.41, 5.74) is 1.69. The summed E-state index contributed by atoms with van der Waals surface area (Å²) in [5.74, 6) is 0.452. The molecule has 0 aliphatic carbocycles. The van der Waals surface area contributed by atoms with Crippen molar-refractivity contribution in [1.82, 2.24) is 5.32 Å². The van der Waals surface area contributed by atoms with E-state index in [1.807, 2.05) is 0 Å². The molecular formula is C17H18N2O5S. The lowest BCUT2D eigenvalue weighted by Gasteiger charge is -2.18. The molecule has 8 heteroatoms. The largest absolute Gasteiger partial charge is 0.497 e. The van der Waals surface area contributed by atoms with Crippen LogP contribution in [0, 0.1) is 0 Å². The topological polar surface area (TPSA) is 93.7 Å². The van der Waals surface area contributed by atoms with E-state index in [2.05, 4.69) is 10.0 Å². The van der Waals surface area contributed by atoms with E-state index in [9.17, 15) is 13.2 Å². The summed E-state index contributed by atoms with van der Waals surface area (Å²) >= 11 is 0. The second kappa shape index (κ2) is 6.64. The number of rotatable bonds is 5. The van der Waals surface area contributed by atoms with E-state index in [0.29, 0.717) is 23.5 Å². The minimum Gasteiger partial charge on any atom is -0.497 e. The van der Waals surface area contributed by atoms with Gasteiger partial charge in [0.05, 0.1) is 14.2 Å². The third kappa shape index (κ3) is 3.39. The summed E-state index contributed by atoms with van der Waals surface area (Å²) in [6.07, 6.45) is 0.723. The number of anilines is 1. The van der Waals surface area contributed by atoms with Gasteiger partial charge >= 0.3 is 0 Å². The molecule has 0 unspecified atom stereocenters. The molecule has 0 bridgehead atoms. The van der Waals surface area contributed by atoms with Crippen LogP contribution >= 0.6 is 0 Å². The Hall–Kier alpha value is -2.74. The average Bonchev–Trinajstić information content (AvgIpc) is 2.61. The summed E-state index contributed by atoms with van der Waals surface area (Å²) in [7, 11) is -1.02. The maximum absolute atomic E-state index is 12.7. The number of nitrogens with one attached hydrogen (secondary N) is 2. The summed E-state index contributed by atoms with van der Waals surface area (Å²) < 4.78 is 38.1. The minimum atomic E-state index is -3.89. The minimum absolute atomic E-state index is 0.0158. The number of amides is 1. The fraction of sp³-hybridized carbons (Fsp3) is 0.235. The molecule has 0 spiro atoms. The van der Waals surface area contributed by atoms with E-state index in [-0.39, 0.29) is 16.6 Å². The molecule has 1 aliphatic rings. The maximum atomic E-state index is 12.7. The van der Waals surface area contributed by atoms with Gasteiger partial charge in [-0.1, -0.05) is 6.07 Å². The number of carbonyl (C=O) groups excluding carboxylic acids is 1. The Morgan fingerprint density at radius 3 is 2.60 bits per heavy atom. The molecule has 0 saturated heterocycles. The maximum Gasteiger partial charge on any atom is 0.265 e. The van der Waals surface area contributed by atoms with Gasteiger partial charge in [0.1, 0.15) is 16.4 Å². The fourth-order valence-corrected chi connectivity index (χ4v) is 3.88. The summed E-state index contributed by atoms with van der Waals surface area (Å²) in [5, 5.41) is 2.74. The third-order valence-corrected chi connectivity index (χ3v) is 5.37. The highest BCUT2D eigenvalue weighted by Crippen LogP contribution is 2.30. The number of benzene rings is 2. The van der Waals surface area contributed by atoms with Crippen LogP contribution in [-0.2, 0) is 16.4 Å². The predicted molar refractivity (Wildman–Crippen MR) is 92.8 cm³/mol. The van der Waals surface area contributed by atoms with E-state index in [1.54, 1.807) is 12.1 Å². The zero-order chi connectivity index (χ0) is 18.0. The Bertz CT molecular complexity index is 925. The van der Waals surface area contributed by atoms with Crippen LogP contribution < -0.4 is 19.5 Å². The van der Waals surface area contributed by atoms with Gasteiger partial charge in [0.25, 0.3) is 15.9 Å². The van der Waals surface area contributed by atoms with E-state index in [0.717, 1.165) is 12.0 Å². The van der Waals surface area contributed by atoms with Crippen molar-refractivity contribution in [3.8, 4) is 11.5 Å². The smallest absolute Gasteiger partial charge is 0.265 e. The van der Waals surface area contributed by atoms with Gasteiger partial charge in [0.15, 0.2) is 0 Å². The summed E-state index contributed by atoms with van der Waals surface area (Å²) in [6.45, 7) is 0.583. The molecule has 0 atom stereocenters. The first-order valence-corrected chi connectivity index (χ1v) is 9.09. The van der Waals surface area contributed by atoms with Gasteiger partial charge in [0.2, 0.25) is 0 Å². The summed E-state index contributed by atoms with van der Waals surface area (Å²) in [6, 6.07) is 9.39. The predicted octanol–water partition coefficient (Wildman–Crippen LogP) is 1.79. The lowest BCUT2D eigenvalue weighted by molar-refractivity contribution is 0.0946. The first-order valence-electron chi connectivity index (χ1n) is 7.60. The zero-order valence-corrected chi connectivity index (χ0v) is 14.6. The highest BCUT2D eigenvalue weighted by Gasteiger charge is 2.22. The van der Waals surface area contributed by atoms with E-state index in [1.165, 1.54) is 38.5 Å². The monoisotopic (exact) mass is 362 g/mol. The Labute approximate surface area is 146 Å². The van der Waals surface area contributed by atoms with Crippen molar-refractivity contribution in [2.75, 3.05) is 25.5 Å². The number of sulfonamides is 1. The Kier molecular flexibility index (Phi) is 4.54. The van der Waals surface area contributed by atoms with Gasteiger partial charge in [-0.15, -0.1) is 0 Å². The molecule has 0 aromatic heterocycles. The van der Waals surface area contributed by atoms with Gasteiger partial charge in [-0.2, -0.15) is 0 Å². The quantitative estimate of drug-likeness (QED) is 0.846. The van der Waals surface area contributed by atoms with Crippen molar-refractivity contribution in [2.45, 2.75) is 11.3 Å². The molecule has 2 aromatic rings. The molecule has 1 aliphatic heterocycles. The molecule has 2 N–H and O–H groups in total. The highest BCUT2D eigenvalue weighted by molar-refractivity contribution is 7.92. The van der Waals surface area contributed by atoms with E-state index in [4.69, 9.17) is 9.47 Å². The van der Waals surface area contributed by atoms with Crippen LogP contribution in [0.5, 0.6) is 11.5 Å². The standard InChI is InChI=1S/C17H18N2O5S/c1-23-13-5-6-16(15(10-13)24-2)25(21,22)19-12-4-3-11-7-8-18-17(20)14(11)9-12/h3-6,9-10,19H,7-8H2,1-2H3,(H,18,20). The summed E-state index contributed by atoms with van der Waals surface area (Å²) in [4.78, 5) is 11.9. The van der Waals surface area contributed by atoms with E-state index >= 15 is 0 Å². The van der Waals surface area contributed by atoms with Crippen LogP contribution in [0.3, 0.4) is 0 Å². The molecule has 25 heavy (non-hydrogen) atoms. The first-order chi connectivity index (χ1) is 11.9. The van der Waals surface area contributed by atoms with Crippen molar-refractivity contribution in [1.29, 1.82) is 0 Å². The van der Waals surface area contributed by atoms with Crippen molar-refractivity contribution >= 4 is 21.6 Å². The lowest BCUT2D eigenvalue weighted by Crippen LogP contribution is -2.31. The fourth-order valence-electron chi connectivity index (χ4n) is 2.68. The van der Waals surface area contributed by atoms with Crippen molar-refractivity contribution in [2.24, 2.45) is 0 Å². The van der Waals surface area contributed by atoms with Crippen LogP contribution in [-0.4, -0.2) is 35.1 Å². The van der Waals surface area contributed by atoms with Crippen molar-refractivity contribution in [3.05, 3.63) is 47.5 Å². The first kappa shape index (κ1) is 17.1. The SMILES string of the molecule is COc1ccc(S(=O)(=O)Nc2ccc3c(c2)C(=O)NCC3)c(OC)c1. The molecule has 0 fully saturated rings. The van der Waals surface area contributed by atoms with Gasteiger partial charge in [-0.3, -0.25) is 9.52 Å². The Balaban J connectivity index is 1.95. The van der Waals surface area contributed by atoms with Crippen molar-refractivity contribution in [3.63, 3.8) is 0 Å². The normalized spacial score (nSPS) is 13.6. The van der Waals surface area contributed by atoms with Crippen molar-refractivity contribution < 1.29 is 22.7 Å². The number of fused-ring (bicyclic) bond motifs is 1. The lowest BCUT2D eigenvalue weighted by atomic mass is 10.00. The number of hydrogen-bond acceptors (Lipinski definition) is 5. The third-order valence-electron chi connectivity index (χ3n) is 3.95. The van der Waals surface area contributed by atoms with Crippen LogP contribution in [0.15, 0.2) is 41.3 Å². The van der Waals surface area contributed by atoms with Gasteiger partial charge in [-0.25, -0.2) is 8.42 Å². The van der Waals surface area contributed by atoms with Gasteiger partial charge in [-0.05, 0) is 36.2 Å². The van der Waals surface area contributed by atoms with Crippen LogP contribution in [0.1, 0.15) is 15.9 Å². The number of ether oxygens (including phenoxy) is 2.